The molecular weight excluding hydrogens is 257 g/mol. The molecule has 0 atom stereocenters. The zero-order valence-electron chi connectivity index (χ0n) is 11.7. The number of nitrogens with zero attached hydrogens (tertiary/aromatic N) is 3. The van der Waals surface area contributed by atoms with Crippen molar-refractivity contribution in [1.82, 2.24) is 9.97 Å². The number of carbonyl (C=O) groups excluding carboxylic acids is 1. The maximum Gasteiger partial charge on any atom is 0.261 e. The molecule has 4 nitrogen and oxygen atoms in total. The Labute approximate surface area is 117 Å². The summed E-state index contributed by atoms with van der Waals surface area (Å²) >= 11 is 0. The second-order valence-corrected chi connectivity index (χ2v) is 4.45. The minimum Gasteiger partial charge on any atom is -0.308 e. The first kappa shape index (κ1) is 14.1. The summed E-state index contributed by atoms with van der Waals surface area (Å²) in [6.07, 6.45) is 1.52. The highest BCUT2D eigenvalue weighted by molar-refractivity contribution is 6.06. The van der Waals surface area contributed by atoms with Gasteiger partial charge in [0.25, 0.3) is 5.91 Å². The van der Waals surface area contributed by atoms with Crippen LogP contribution in [0.1, 0.15) is 28.8 Å². The summed E-state index contributed by atoms with van der Waals surface area (Å²) in [7, 11) is 0. The number of amides is 1. The van der Waals surface area contributed by atoms with Gasteiger partial charge in [-0.05, 0) is 39.0 Å². The van der Waals surface area contributed by atoms with Gasteiger partial charge in [-0.2, -0.15) is 0 Å². The predicted octanol–water partition coefficient (Wildman–Crippen LogP) is 2.90. The number of aromatic nitrogens is 2. The number of anilines is 1. The number of halogens is 1. The summed E-state index contributed by atoms with van der Waals surface area (Å²) in [6, 6.07) is 5.97. The Kier molecular flexibility index (Phi) is 4.08. The van der Waals surface area contributed by atoms with E-state index in [9.17, 15) is 9.18 Å². The van der Waals surface area contributed by atoms with Gasteiger partial charge >= 0.3 is 0 Å². The van der Waals surface area contributed by atoms with Crippen molar-refractivity contribution in [2.45, 2.75) is 20.8 Å². The maximum absolute atomic E-state index is 13.3. The minimum atomic E-state index is -0.370. The molecule has 1 amide bonds. The van der Waals surface area contributed by atoms with Crippen LogP contribution in [0.5, 0.6) is 0 Å². The first-order chi connectivity index (χ1) is 9.52. The summed E-state index contributed by atoms with van der Waals surface area (Å²) in [6.45, 7) is 5.82. The summed E-state index contributed by atoms with van der Waals surface area (Å²) in [5, 5.41) is 0. The number of carbonyl (C=O) groups is 1. The van der Waals surface area contributed by atoms with Crippen LogP contribution < -0.4 is 4.90 Å². The van der Waals surface area contributed by atoms with Gasteiger partial charge in [0.15, 0.2) is 0 Å². The molecule has 0 bridgehead atoms. The lowest BCUT2D eigenvalue weighted by Gasteiger charge is -2.21. The van der Waals surface area contributed by atoms with Crippen LogP contribution >= 0.6 is 0 Å². The Balaban J connectivity index is 2.39. The van der Waals surface area contributed by atoms with Crippen molar-refractivity contribution in [1.29, 1.82) is 0 Å². The fourth-order valence-electron chi connectivity index (χ4n) is 2.03. The molecule has 0 radical (unpaired) electrons. The van der Waals surface area contributed by atoms with Gasteiger partial charge in [-0.25, -0.2) is 14.4 Å². The van der Waals surface area contributed by atoms with Crippen molar-refractivity contribution in [3.63, 3.8) is 0 Å². The van der Waals surface area contributed by atoms with E-state index >= 15 is 0 Å². The zero-order chi connectivity index (χ0) is 14.7. The Hall–Kier alpha value is -2.30. The molecule has 0 fully saturated rings. The fourth-order valence-corrected chi connectivity index (χ4v) is 2.03. The molecule has 0 aliphatic carbocycles. The van der Waals surface area contributed by atoms with Crippen molar-refractivity contribution >= 4 is 11.6 Å². The number of rotatable bonds is 3. The van der Waals surface area contributed by atoms with Crippen LogP contribution in [0, 0.1) is 19.7 Å². The molecule has 0 saturated heterocycles. The van der Waals surface area contributed by atoms with Crippen LogP contribution in [-0.4, -0.2) is 22.4 Å². The lowest BCUT2D eigenvalue weighted by atomic mass is 10.2. The van der Waals surface area contributed by atoms with Crippen molar-refractivity contribution in [2.24, 2.45) is 0 Å². The lowest BCUT2D eigenvalue weighted by molar-refractivity contribution is 0.0987. The van der Waals surface area contributed by atoms with Crippen LogP contribution in [0.25, 0.3) is 0 Å². The fraction of sp³-hybridized carbons (Fsp3) is 0.267. The largest absolute Gasteiger partial charge is 0.308 e. The van der Waals surface area contributed by atoms with Crippen LogP contribution in [0.15, 0.2) is 30.5 Å². The third-order valence-electron chi connectivity index (χ3n) is 3.01. The Bertz CT molecular complexity index is 643. The number of hydrogen-bond donors (Lipinski definition) is 0. The van der Waals surface area contributed by atoms with Crippen LogP contribution in [0.3, 0.4) is 0 Å². The summed E-state index contributed by atoms with van der Waals surface area (Å²) in [5.74, 6) is 0.0223. The third kappa shape index (κ3) is 2.82. The smallest absolute Gasteiger partial charge is 0.261 e. The molecule has 1 aromatic carbocycles. The van der Waals surface area contributed by atoms with Crippen molar-refractivity contribution in [3.05, 3.63) is 53.4 Å². The van der Waals surface area contributed by atoms with Gasteiger partial charge in [-0.15, -0.1) is 0 Å². The first-order valence-electron chi connectivity index (χ1n) is 6.40. The van der Waals surface area contributed by atoms with E-state index < -0.39 is 0 Å². The minimum absolute atomic E-state index is 0.226. The van der Waals surface area contributed by atoms with Gasteiger partial charge in [-0.3, -0.25) is 4.79 Å². The summed E-state index contributed by atoms with van der Waals surface area (Å²) in [4.78, 5) is 22.3. The van der Waals surface area contributed by atoms with Gasteiger partial charge in [0.2, 0.25) is 0 Å². The van der Waals surface area contributed by atoms with E-state index in [2.05, 4.69) is 9.97 Å². The Morgan fingerprint density at radius 3 is 2.70 bits per heavy atom. The van der Waals surface area contributed by atoms with Gasteiger partial charge in [-0.1, -0.05) is 6.07 Å². The molecule has 0 unspecified atom stereocenters. The highest BCUT2D eigenvalue weighted by Crippen LogP contribution is 2.19. The molecule has 20 heavy (non-hydrogen) atoms. The standard InChI is InChI=1S/C15H16FN3O/c1-4-19(13-7-5-6-12(16)8-13)15(20)14-9-17-11(3)18-10(14)2/h5-9H,4H2,1-3H3. The quantitative estimate of drug-likeness (QED) is 0.863. The molecule has 2 rings (SSSR count). The average molecular weight is 273 g/mol. The number of hydrogen-bond acceptors (Lipinski definition) is 3. The Morgan fingerprint density at radius 1 is 1.35 bits per heavy atom. The molecule has 2 aromatic rings. The molecule has 5 heteroatoms. The highest BCUT2D eigenvalue weighted by Gasteiger charge is 2.19. The van der Waals surface area contributed by atoms with Gasteiger partial charge in [0.05, 0.1) is 11.3 Å². The van der Waals surface area contributed by atoms with Gasteiger partial charge < -0.3 is 4.90 Å². The van der Waals surface area contributed by atoms with E-state index in [0.29, 0.717) is 29.3 Å². The topological polar surface area (TPSA) is 46.1 Å². The van der Waals surface area contributed by atoms with Crippen LogP contribution in [-0.2, 0) is 0 Å². The molecule has 0 aliphatic rings. The maximum atomic E-state index is 13.3. The normalized spacial score (nSPS) is 10.4. The van der Waals surface area contributed by atoms with Gasteiger partial charge in [0.1, 0.15) is 11.6 Å². The molecule has 104 valence electrons. The van der Waals surface area contributed by atoms with Crippen molar-refractivity contribution < 1.29 is 9.18 Å². The van der Waals surface area contributed by atoms with E-state index in [-0.39, 0.29) is 11.7 Å². The summed E-state index contributed by atoms with van der Waals surface area (Å²) < 4.78 is 13.3. The first-order valence-corrected chi connectivity index (χ1v) is 6.40. The molecule has 1 aromatic heterocycles. The third-order valence-corrected chi connectivity index (χ3v) is 3.01. The second-order valence-electron chi connectivity index (χ2n) is 4.45. The van der Waals surface area contributed by atoms with E-state index in [0.717, 1.165) is 0 Å². The molecule has 0 N–H and O–H groups in total. The predicted molar refractivity (Wildman–Crippen MR) is 75.3 cm³/mol. The van der Waals surface area contributed by atoms with Crippen molar-refractivity contribution in [3.8, 4) is 0 Å². The lowest BCUT2D eigenvalue weighted by Crippen LogP contribution is -2.31. The zero-order valence-corrected chi connectivity index (χ0v) is 11.7. The van der Waals surface area contributed by atoms with E-state index in [1.165, 1.54) is 23.2 Å². The van der Waals surface area contributed by atoms with E-state index in [1.54, 1.807) is 26.0 Å². The highest BCUT2D eigenvalue weighted by atomic mass is 19.1. The Morgan fingerprint density at radius 2 is 2.10 bits per heavy atom. The molecule has 0 spiro atoms. The van der Waals surface area contributed by atoms with Crippen LogP contribution in [0.4, 0.5) is 10.1 Å². The monoisotopic (exact) mass is 273 g/mol. The number of aryl methyl sites for hydroxylation is 2. The van der Waals surface area contributed by atoms with E-state index in [1.807, 2.05) is 6.92 Å². The average Bonchev–Trinajstić information content (AvgIpc) is 2.39. The van der Waals surface area contributed by atoms with Gasteiger partial charge in [0, 0.05) is 18.4 Å². The second kappa shape index (κ2) is 5.77. The molecule has 0 aliphatic heterocycles. The molecule has 0 saturated carbocycles. The van der Waals surface area contributed by atoms with E-state index in [4.69, 9.17) is 0 Å². The number of benzene rings is 1. The SMILES string of the molecule is CCN(C(=O)c1cnc(C)nc1C)c1cccc(F)c1. The summed E-state index contributed by atoms with van der Waals surface area (Å²) in [5.41, 5.74) is 1.58. The molecule has 1 heterocycles. The molecular formula is C15H16FN3O. The van der Waals surface area contributed by atoms with Crippen LogP contribution in [0.2, 0.25) is 0 Å². The van der Waals surface area contributed by atoms with Crippen molar-refractivity contribution in [2.75, 3.05) is 11.4 Å².